The molecular weight excluding hydrogens is 440 g/mol. The first-order valence-electron chi connectivity index (χ1n) is 13.0. The number of carbonyl (C=O) groups is 2. The van der Waals surface area contributed by atoms with Gasteiger partial charge in [-0.1, -0.05) is 60.6 Å². The lowest BCUT2D eigenvalue weighted by atomic mass is 9.62. The predicted molar refractivity (Wildman–Crippen MR) is 137 cm³/mol. The van der Waals surface area contributed by atoms with Gasteiger partial charge in [0.15, 0.2) is 0 Å². The Bertz CT molecular complexity index is 941. The van der Waals surface area contributed by atoms with E-state index < -0.39 is 5.60 Å². The number of hydrogen-bond acceptors (Lipinski definition) is 5. The standard InChI is InChI=1S/C30H42O5/c1-20(9-7-15-29(4,5)33)27-13-14-28-24(10-8-16-30(27,28)6)12-11-23-17-25(34-21(2)31)19-26(18-23)35-22(3)32/h11-13,20,25-26,28,33H,8-10,14,16-19H2,1-6H3/t20?,25-,26?,28?,30-/m1/s1. The van der Waals surface area contributed by atoms with Gasteiger partial charge in [-0.3, -0.25) is 9.59 Å². The summed E-state index contributed by atoms with van der Waals surface area (Å²) in [6, 6.07) is 0. The Morgan fingerprint density at radius 3 is 2.40 bits per heavy atom. The molecule has 0 saturated heterocycles. The Morgan fingerprint density at radius 1 is 1.20 bits per heavy atom. The van der Waals surface area contributed by atoms with Crippen molar-refractivity contribution < 1.29 is 24.2 Å². The minimum absolute atomic E-state index is 0.144. The molecule has 3 rings (SSSR count). The van der Waals surface area contributed by atoms with Crippen LogP contribution in [0.4, 0.5) is 0 Å². The Balaban J connectivity index is 1.75. The number of rotatable bonds is 5. The molecule has 5 nitrogen and oxygen atoms in total. The van der Waals surface area contributed by atoms with E-state index >= 15 is 0 Å². The molecule has 0 heterocycles. The van der Waals surface area contributed by atoms with Gasteiger partial charge in [0.05, 0.1) is 0 Å². The number of allylic oxidation sites excluding steroid dienone is 5. The Labute approximate surface area is 211 Å². The van der Waals surface area contributed by atoms with Crippen LogP contribution in [0.3, 0.4) is 0 Å². The molecule has 0 aromatic heterocycles. The van der Waals surface area contributed by atoms with Crippen molar-refractivity contribution in [3.8, 4) is 11.8 Å². The van der Waals surface area contributed by atoms with Crippen LogP contribution in [0.15, 0.2) is 34.9 Å². The number of esters is 2. The molecule has 0 aromatic carbocycles. The SMILES string of the molecule is CC(=O)OC1CC(=CC=C2CCC[C@]3(C)C(C(C)CC#CC(C)(C)O)=CCC23)C[C@@H](OC(C)=O)C1. The van der Waals surface area contributed by atoms with Crippen molar-refractivity contribution >= 4 is 11.9 Å². The predicted octanol–water partition coefficient (Wildman–Crippen LogP) is 5.82. The van der Waals surface area contributed by atoms with Crippen LogP contribution in [0.1, 0.15) is 92.9 Å². The number of ether oxygens (including phenoxy) is 2. The summed E-state index contributed by atoms with van der Waals surface area (Å²) < 4.78 is 11.0. The summed E-state index contributed by atoms with van der Waals surface area (Å²) >= 11 is 0. The summed E-state index contributed by atoms with van der Waals surface area (Å²) in [6.45, 7) is 10.9. The molecule has 192 valence electrons. The largest absolute Gasteiger partial charge is 0.462 e. The second kappa shape index (κ2) is 11.2. The monoisotopic (exact) mass is 482 g/mol. The minimum Gasteiger partial charge on any atom is -0.462 e. The zero-order valence-corrected chi connectivity index (χ0v) is 22.3. The zero-order chi connectivity index (χ0) is 25.8. The maximum absolute atomic E-state index is 11.5. The van der Waals surface area contributed by atoms with E-state index in [-0.39, 0.29) is 29.6 Å². The number of hydrogen-bond donors (Lipinski definition) is 1. The summed E-state index contributed by atoms with van der Waals surface area (Å²) in [5.41, 5.74) is 3.34. The fourth-order valence-electron chi connectivity index (χ4n) is 6.28. The number of aliphatic hydroxyl groups is 1. The lowest BCUT2D eigenvalue weighted by Gasteiger charge is -2.42. The van der Waals surface area contributed by atoms with E-state index in [0.717, 1.165) is 31.3 Å². The average molecular weight is 483 g/mol. The molecule has 0 spiro atoms. The van der Waals surface area contributed by atoms with Crippen molar-refractivity contribution in [1.29, 1.82) is 0 Å². The van der Waals surface area contributed by atoms with Gasteiger partial charge in [-0.25, -0.2) is 0 Å². The molecule has 3 aliphatic rings. The Morgan fingerprint density at radius 2 is 1.83 bits per heavy atom. The third kappa shape index (κ3) is 7.34. The zero-order valence-electron chi connectivity index (χ0n) is 22.3. The molecular formula is C30H42O5. The van der Waals surface area contributed by atoms with E-state index in [1.807, 2.05) is 0 Å². The van der Waals surface area contributed by atoms with Crippen molar-refractivity contribution in [2.75, 3.05) is 0 Å². The van der Waals surface area contributed by atoms with Crippen molar-refractivity contribution in [3.05, 3.63) is 34.9 Å². The van der Waals surface area contributed by atoms with Crippen molar-refractivity contribution in [3.63, 3.8) is 0 Å². The third-order valence-corrected chi connectivity index (χ3v) is 7.65. The van der Waals surface area contributed by atoms with Gasteiger partial charge in [0, 0.05) is 39.5 Å². The smallest absolute Gasteiger partial charge is 0.302 e. The first-order chi connectivity index (χ1) is 16.4. The van der Waals surface area contributed by atoms with Crippen LogP contribution >= 0.6 is 0 Å². The second-order valence-electron chi connectivity index (χ2n) is 11.4. The summed E-state index contributed by atoms with van der Waals surface area (Å²) in [7, 11) is 0. The van der Waals surface area contributed by atoms with Crippen LogP contribution in [0.5, 0.6) is 0 Å². The Hall–Kier alpha value is -2.32. The molecule has 0 bridgehead atoms. The number of fused-ring (bicyclic) bond motifs is 1. The highest BCUT2D eigenvalue weighted by Gasteiger charge is 2.45. The summed E-state index contributed by atoms with van der Waals surface area (Å²) in [6.07, 6.45) is 13.6. The van der Waals surface area contributed by atoms with Crippen LogP contribution in [-0.4, -0.2) is 34.9 Å². The average Bonchev–Trinajstić information content (AvgIpc) is 3.07. The topological polar surface area (TPSA) is 72.8 Å². The van der Waals surface area contributed by atoms with Gasteiger partial charge in [-0.15, -0.1) is 0 Å². The molecule has 2 saturated carbocycles. The van der Waals surface area contributed by atoms with Gasteiger partial charge in [0.25, 0.3) is 0 Å². The molecule has 0 aliphatic heterocycles. The van der Waals surface area contributed by atoms with Crippen molar-refractivity contribution in [2.24, 2.45) is 17.3 Å². The molecule has 5 heteroatoms. The first-order valence-corrected chi connectivity index (χ1v) is 13.0. The number of carbonyl (C=O) groups excluding carboxylic acids is 2. The molecule has 35 heavy (non-hydrogen) atoms. The minimum atomic E-state index is -0.952. The highest BCUT2D eigenvalue weighted by molar-refractivity contribution is 5.67. The van der Waals surface area contributed by atoms with Crippen molar-refractivity contribution in [2.45, 2.75) is 111 Å². The third-order valence-electron chi connectivity index (χ3n) is 7.65. The quantitative estimate of drug-likeness (QED) is 0.303. The van der Waals surface area contributed by atoms with E-state index in [2.05, 4.69) is 43.9 Å². The van der Waals surface area contributed by atoms with Crippen LogP contribution in [0, 0.1) is 29.1 Å². The van der Waals surface area contributed by atoms with E-state index in [1.165, 1.54) is 31.4 Å². The molecule has 0 amide bonds. The molecule has 3 unspecified atom stereocenters. The Kier molecular flexibility index (Phi) is 8.70. The normalized spacial score (nSPS) is 31.7. The maximum Gasteiger partial charge on any atom is 0.302 e. The van der Waals surface area contributed by atoms with Crippen LogP contribution in [-0.2, 0) is 19.1 Å². The van der Waals surface area contributed by atoms with E-state index in [9.17, 15) is 14.7 Å². The van der Waals surface area contributed by atoms with Crippen LogP contribution in [0.25, 0.3) is 0 Å². The molecule has 5 atom stereocenters. The highest BCUT2D eigenvalue weighted by Crippen LogP contribution is 2.56. The summed E-state index contributed by atoms with van der Waals surface area (Å²) in [5, 5.41) is 9.90. The summed E-state index contributed by atoms with van der Waals surface area (Å²) in [5.74, 6) is 6.40. The van der Waals surface area contributed by atoms with E-state index in [4.69, 9.17) is 9.47 Å². The molecule has 2 fully saturated rings. The first kappa shape index (κ1) is 27.3. The van der Waals surface area contributed by atoms with Gasteiger partial charge in [-0.05, 0) is 56.8 Å². The van der Waals surface area contributed by atoms with E-state index in [0.29, 0.717) is 31.1 Å². The molecule has 3 aliphatic carbocycles. The van der Waals surface area contributed by atoms with Crippen LogP contribution in [0.2, 0.25) is 0 Å². The molecule has 0 radical (unpaired) electrons. The van der Waals surface area contributed by atoms with Gasteiger partial charge >= 0.3 is 11.9 Å². The lowest BCUT2D eigenvalue weighted by Crippen LogP contribution is -2.32. The van der Waals surface area contributed by atoms with Gasteiger partial charge in [0.2, 0.25) is 0 Å². The summed E-state index contributed by atoms with van der Waals surface area (Å²) in [4.78, 5) is 23.1. The fourth-order valence-corrected chi connectivity index (χ4v) is 6.28. The van der Waals surface area contributed by atoms with Gasteiger partial charge in [0.1, 0.15) is 17.8 Å². The molecule has 1 N–H and O–H groups in total. The van der Waals surface area contributed by atoms with Gasteiger partial charge in [-0.2, -0.15) is 0 Å². The fraction of sp³-hybridized carbons (Fsp3) is 0.667. The van der Waals surface area contributed by atoms with Gasteiger partial charge < -0.3 is 14.6 Å². The van der Waals surface area contributed by atoms with Crippen molar-refractivity contribution in [1.82, 2.24) is 0 Å². The maximum atomic E-state index is 11.5. The van der Waals surface area contributed by atoms with E-state index in [1.54, 1.807) is 13.8 Å². The highest BCUT2D eigenvalue weighted by atomic mass is 16.6. The molecule has 0 aromatic rings. The second-order valence-corrected chi connectivity index (χ2v) is 11.4. The lowest BCUT2D eigenvalue weighted by molar-refractivity contribution is -0.154. The van der Waals surface area contributed by atoms with Crippen LogP contribution < -0.4 is 0 Å².